The normalized spacial score (nSPS) is 19.9. The van der Waals surface area contributed by atoms with Gasteiger partial charge in [0.2, 0.25) is 0 Å². The van der Waals surface area contributed by atoms with E-state index in [0.717, 1.165) is 22.5 Å². The molecular weight excluding hydrogens is 309 g/mol. The molecule has 1 unspecified atom stereocenters. The first kappa shape index (κ1) is 16.5. The first-order valence-electron chi connectivity index (χ1n) is 7.84. The first-order chi connectivity index (χ1) is 11.6. The molecule has 0 radical (unpaired) electrons. The van der Waals surface area contributed by atoms with Gasteiger partial charge in [-0.05, 0) is 36.2 Å². The minimum absolute atomic E-state index is 0.0492. The van der Waals surface area contributed by atoms with Gasteiger partial charge in [0.1, 0.15) is 0 Å². The summed E-state index contributed by atoms with van der Waals surface area (Å²) in [4.78, 5) is 9.24. The third-order valence-electron chi connectivity index (χ3n) is 3.82. The highest BCUT2D eigenvalue weighted by atomic mass is 19.1. The van der Waals surface area contributed by atoms with Gasteiger partial charge in [0.15, 0.2) is 6.67 Å². The standard InChI is InChI=1S/C18H20FN3O2/c1-13-4-2-7-16(21-13)11-20-10-14-5-3-6-15(8-14)17-9-18(23,12-19)24-22-17/h2-8,20,23H,9-12H2,1H3. The largest absolute Gasteiger partial charge is 0.357 e. The Morgan fingerprint density at radius 1 is 1.25 bits per heavy atom. The molecule has 2 heterocycles. The Labute approximate surface area is 140 Å². The van der Waals surface area contributed by atoms with Crippen molar-refractivity contribution in [1.82, 2.24) is 10.3 Å². The van der Waals surface area contributed by atoms with Gasteiger partial charge in [-0.25, -0.2) is 4.39 Å². The van der Waals surface area contributed by atoms with E-state index in [1.54, 1.807) is 0 Å². The van der Waals surface area contributed by atoms with Gasteiger partial charge in [-0.2, -0.15) is 0 Å². The number of pyridine rings is 1. The number of oxime groups is 1. The molecule has 0 bridgehead atoms. The summed E-state index contributed by atoms with van der Waals surface area (Å²) in [5.74, 6) is -1.82. The van der Waals surface area contributed by atoms with Crippen LogP contribution in [0.1, 0.15) is 28.9 Å². The predicted octanol–water partition coefficient (Wildman–Crippen LogP) is 2.46. The van der Waals surface area contributed by atoms with Gasteiger partial charge in [-0.15, -0.1) is 0 Å². The van der Waals surface area contributed by atoms with Crippen LogP contribution in [0.5, 0.6) is 0 Å². The van der Waals surface area contributed by atoms with E-state index in [9.17, 15) is 9.50 Å². The van der Waals surface area contributed by atoms with Gasteiger partial charge in [-0.1, -0.05) is 29.4 Å². The SMILES string of the molecule is Cc1cccc(CNCc2cccc(C3=NOC(O)(CF)C3)c2)n1. The lowest BCUT2D eigenvalue weighted by atomic mass is 10.0. The summed E-state index contributed by atoms with van der Waals surface area (Å²) >= 11 is 0. The van der Waals surface area contributed by atoms with Crippen LogP contribution in [0.3, 0.4) is 0 Å². The quantitative estimate of drug-likeness (QED) is 0.854. The molecule has 1 aliphatic heterocycles. The summed E-state index contributed by atoms with van der Waals surface area (Å²) in [6.07, 6.45) is 0.0492. The van der Waals surface area contributed by atoms with E-state index in [1.165, 1.54) is 0 Å². The van der Waals surface area contributed by atoms with Crippen molar-refractivity contribution in [3.8, 4) is 0 Å². The number of rotatable bonds is 6. The lowest BCUT2D eigenvalue weighted by Crippen LogP contribution is -2.31. The minimum Gasteiger partial charge on any atom is -0.357 e. The first-order valence-corrected chi connectivity index (χ1v) is 7.84. The lowest BCUT2D eigenvalue weighted by Gasteiger charge is -2.14. The van der Waals surface area contributed by atoms with Crippen molar-refractivity contribution in [3.05, 3.63) is 65.0 Å². The molecule has 5 nitrogen and oxygen atoms in total. The molecule has 1 atom stereocenters. The fraction of sp³-hybridized carbons (Fsp3) is 0.333. The monoisotopic (exact) mass is 329 g/mol. The molecule has 1 aliphatic rings. The fourth-order valence-electron chi connectivity index (χ4n) is 2.59. The fourth-order valence-corrected chi connectivity index (χ4v) is 2.59. The van der Waals surface area contributed by atoms with Crippen LogP contribution in [-0.4, -0.2) is 28.3 Å². The van der Waals surface area contributed by atoms with Crippen LogP contribution in [0, 0.1) is 6.92 Å². The number of hydrogen-bond donors (Lipinski definition) is 2. The third kappa shape index (κ3) is 3.96. The number of nitrogens with one attached hydrogen (secondary N) is 1. The van der Waals surface area contributed by atoms with Crippen LogP contribution in [0.15, 0.2) is 47.6 Å². The second-order valence-corrected chi connectivity index (χ2v) is 5.96. The van der Waals surface area contributed by atoms with Crippen molar-refractivity contribution in [2.45, 2.75) is 32.2 Å². The van der Waals surface area contributed by atoms with Gasteiger partial charge in [0.25, 0.3) is 5.79 Å². The van der Waals surface area contributed by atoms with Crippen LogP contribution in [0.2, 0.25) is 0 Å². The molecule has 0 saturated heterocycles. The molecular formula is C18H20FN3O2. The number of aliphatic hydroxyl groups is 1. The van der Waals surface area contributed by atoms with Gasteiger partial charge >= 0.3 is 0 Å². The topological polar surface area (TPSA) is 66.7 Å². The van der Waals surface area contributed by atoms with Crippen molar-refractivity contribution in [2.24, 2.45) is 5.16 Å². The number of benzene rings is 1. The molecule has 1 aromatic carbocycles. The molecule has 2 aromatic rings. The molecule has 1 aromatic heterocycles. The summed E-state index contributed by atoms with van der Waals surface area (Å²) in [7, 11) is 0. The molecule has 3 rings (SSSR count). The second kappa shape index (κ2) is 7.07. The van der Waals surface area contributed by atoms with Gasteiger partial charge in [0, 0.05) is 18.8 Å². The number of nitrogens with zero attached hydrogens (tertiary/aromatic N) is 2. The molecule has 6 heteroatoms. The molecule has 2 N–H and O–H groups in total. The highest BCUT2D eigenvalue weighted by Gasteiger charge is 2.37. The Morgan fingerprint density at radius 3 is 2.83 bits per heavy atom. The zero-order chi connectivity index (χ0) is 17.0. The highest BCUT2D eigenvalue weighted by molar-refractivity contribution is 6.01. The van der Waals surface area contributed by atoms with E-state index in [0.29, 0.717) is 18.8 Å². The zero-order valence-electron chi connectivity index (χ0n) is 13.5. The van der Waals surface area contributed by atoms with Gasteiger partial charge < -0.3 is 15.3 Å². The number of alkyl halides is 1. The van der Waals surface area contributed by atoms with Gasteiger partial charge in [-0.3, -0.25) is 4.98 Å². The van der Waals surface area contributed by atoms with Crippen LogP contribution >= 0.6 is 0 Å². The number of halogens is 1. The zero-order valence-corrected chi connectivity index (χ0v) is 13.5. The highest BCUT2D eigenvalue weighted by Crippen LogP contribution is 2.25. The Morgan fingerprint density at radius 2 is 2.08 bits per heavy atom. The third-order valence-corrected chi connectivity index (χ3v) is 3.82. The van der Waals surface area contributed by atoms with E-state index in [2.05, 4.69) is 15.5 Å². The van der Waals surface area contributed by atoms with Crippen LogP contribution in [0.4, 0.5) is 4.39 Å². The smallest absolute Gasteiger partial charge is 0.268 e. The van der Waals surface area contributed by atoms with Crippen molar-refractivity contribution in [1.29, 1.82) is 0 Å². The van der Waals surface area contributed by atoms with E-state index >= 15 is 0 Å². The van der Waals surface area contributed by atoms with Crippen molar-refractivity contribution < 1.29 is 14.3 Å². The van der Waals surface area contributed by atoms with E-state index in [-0.39, 0.29) is 6.42 Å². The molecule has 0 saturated carbocycles. The van der Waals surface area contributed by atoms with Crippen molar-refractivity contribution in [2.75, 3.05) is 6.67 Å². The summed E-state index contributed by atoms with van der Waals surface area (Å²) < 4.78 is 12.7. The maximum absolute atomic E-state index is 12.7. The second-order valence-electron chi connectivity index (χ2n) is 5.96. The average molecular weight is 329 g/mol. The Hall–Kier alpha value is -2.31. The van der Waals surface area contributed by atoms with Crippen molar-refractivity contribution >= 4 is 5.71 Å². The summed E-state index contributed by atoms with van der Waals surface area (Å²) in [5, 5.41) is 16.9. The van der Waals surface area contributed by atoms with E-state index in [4.69, 9.17) is 4.84 Å². The van der Waals surface area contributed by atoms with E-state index in [1.807, 2.05) is 49.4 Å². The summed E-state index contributed by atoms with van der Waals surface area (Å²) in [6.45, 7) is 2.34. The van der Waals surface area contributed by atoms with Crippen molar-refractivity contribution in [3.63, 3.8) is 0 Å². The Balaban J connectivity index is 1.60. The predicted molar refractivity (Wildman–Crippen MR) is 89.1 cm³/mol. The number of aryl methyl sites for hydroxylation is 1. The van der Waals surface area contributed by atoms with Crippen LogP contribution < -0.4 is 5.32 Å². The number of aromatic nitrogens is 1. The molecule has 0 amide bonds. The van der Waals surface area contributed by atoms with E-state index < -0.39 is 12.5 Å². The van der Waals surface area contributed by atoms with Gasteiger partial charge in [0.05, 0.1) is 17.8 Å². The Bertz CT molecular complexity index is 751. The Kier molecular flexibility index (Phi) is 4.87. The maximum atomic E-state index is 12.7. The molecule has 24 heavy (non-hydrogen) atoms. The average Bonchev–Trinajstić information content (AvgIpc) is 2.99. The molecule has 126 valence electrons. The summed E-state index contributed by atoms with van der Waals surface area (Å²) in [5.41, 5.74) is 4.44. The molecule has 0 aliphatic carbocycles. The summed E-state index contributed by atoms with van der Waals surface area (Å²) in [6, 6.07) is 13.7. The maximum Gasteiger partial charge on any atom is 0.268 e. The van der Waals surface area contributed by atoms with Crippen LogP contribution in [0.25, 0.3) is 0 Å². The van der Waals surface area contributed by atoms with Crippen LogP contribution in [-0.2, 0) is 17.9 Å². The molecule has 0 fully saturated rings. The number of hydrogen-bond acceptors (Lipinski definition) is 5. The molecule has 0 spiro atoms. The minimum atomic E-state index is -1.82. The lowest BCUT2D eigenvalue weighted by molar-refractivity contribution is -0.193.